The van der Waals surface area contributed by atoms with E-state index in [2.05, 4.69) is 27.8 Å². The molecule has 0 bridgehead atoms. The van der Waals surface area contributed by atoms with Gasteiger partial charge >= 0.3 is 5.97 Å². The summed E-state index contributed by atoms with van der Waals surface area (Å²) in [6.45, 7) is 2.88. The van der Waals surface area contributed by atoms with E-state index in [1.807, 2.05) is 22.6 Å². The third-order valence-electron chi connectivity index (χ3n) is 3.13. The van der Waals surface area contributed by atoms with Gasteiger partial charge in [-0.05, 0) is 19.1 Å². The lowest BCUT2D eigenvalue weighted by Crippen LogP contribution is -1.96. The number of carboxylic acid groups (broad SMARTS) is 1. The lowest BCUT2D eigenvalue weighted by Gasteiger charge is -1.98. The molecule has 0 spiro atoms. The van der Waals surface area contributed by atoms with E-state index in [9.17, 15) is 4.79 Å². The van der Waals surface area contributed by atoms with Crippen LogP contribution in [0.25, 0.3) is 16.8 Å². The maximum atomic E-state index is 10.6. The predicted octanol–water partition coefficient (Wildman–Crippen LogP) is 2.27. The van der Waals surface area contributed by atoms with E-state index >= 15 is 0 Å². The van der Waals surface area contributed by atoms with Crippen LogP contribution in [-0.2, 0) is 11.3 Å². The van der Waals surface area contributed by atoms with Crippen LogP contribution >= 0.6 is 11.8 Å². The van der Waals surface area contributed by atoms with Gasteiger partial charge in [0.2, 0.25) is 5.78 Å². The second-order valence-corrected chi connectivity index (χ2v) is 5.41. The molecule has 3 rings (SSSR count). The lowest BCUT2D eigenvalue weighted by molar-refractivity contribution is -0.136. The number of aryl methyl sites for hydroxylation is 1. The molecule has 0 fully saturated rings. The zero-order valence-electron chi connectivity index (χ0n) is 11.0. The molecule has 0 aliphatic carbocycles. The fourth-order valence-corrected chi connectivity index (χ4v) is 3.14. The molecule has 0 aliphatic rings. The normalized spacial score (nSPS) is 11.4. The molecular formula is C13H14N4O2S. The van der Waals surface area contributed by atoms with E-state index in [4.69, 9.17) is 5.11 Å². The Morgan fingerprint density at radius 1 is 1.30 bits per heavy atom. The summed E-state index contributed by atoms with van der Waals surface area (Å²) in [5.74, 6) is 0.489. The van der Waals surface area contributed by atoms with Crippen molar-refractivity contribution < 1.29 is 9.90 Å². The molecule has 1 N–H and O–H groups in total. The number of nitrogens with zero attached hydrogens (tertiary/aromatic N) is 4. The van der Waals surface area contributed by atoms with Crippen LogP contribution in [0, 0.1) is 0 Å². The van der Waals surface area contributed by atoms with Crippen LogP contribution in [0.1, 0.15) is 13.3 Å². The van der Waals surface area contributed by atoms with Gasteiger partial charge in [0.1, 0.15) is 0 Å². The van der Waals surface area contributed by atoms with Crippen molar-refractivity contribution >= 4 is 34.5 Å². The molecule has 1 aromatic carbocycles. The van der Waals surface area contributed by atoms with E-state index < -0.39 is 5.97 Å². The molecule has 0 radical (unpaired) electrons. The van der Waals surface area contributed by atoms with Crippen LogP contribution in [0.5, 0.6) is 0 Å². The Hall–Kier alpha value is -2.02. The number of thioether (sulfide) groups is 1. The summed E-state index contributed by atoms with van der Waals surface area (Å²) in [6.07, 6.45) is 0.117. The summed E-state index contributed by atoms with van der Waals surface area (Å²) in [5, 5.41) is 17.9. The quantitative estimate of drug-likeness (QED) is 0.730. The molecule has 20 heavy (non-hydrogen) atoms. The Morgan fingerprint density at radius 2 is 2.05 bits per heavy atom. The number of aromatic nitrogens is 4. The molecule has 7 heteroatoms. The Balaban J connectivity index is 2.08. The molecule has 0 saturated heterocycles. The highest BCUT2D eigenvalue weighted by Crippen LogP contribution is 2.25. The average Bonchev–Trinajstić information content (AvgIpc) is 2.96. The van der Waals surface area contributed by atoms with Gasteiger partial charge in [0, 0.05) is 12.3 Å². The molecule has 104 valence electrons. The topological polar surface area (TPSA) is 72.4 Å². The number of benzene rings is 1. The van der Waals surface area contributed by atoms with Crippen LogP contribution in [0.2, 0.25) is 0 Å². The Morgan fingerprint density at radius 3 is 2.75 bits per heavy atom. The maximum absolute atomic E-state index is 10.6. The molecule has 0 amide bonds. The van der Waals surface area contributed by atoms with Gasteiger partial charge in [-0.2, -0.15) is 0 Å². The van der Waals surface area contributed by atoms with Gasteiger partial charge in [0.05, 0.1) is 17.5 Å². The fourth-order valence-electron chi connectivity index (χ4n) is 2.27. The predicted molar refractivity (Wildman–Crippen MR) is 77.1 cm³/mol. The van der Waals surface area contributed by atoms with E-state index in [0.717, 1.165) is 28.5 Å². The minimum absolute atomic E-state index is 0.117. The zero-order valence-corrected chi connectivity index (χ0v) is 11.8. The molecular weight excluding hydrogens is 276 g/mol. The lowest BCUT2D eigenvalue weighted by atomic mass is 10.3. The minimum atomic E-state index is -0.797. The van der Waals surface area contributed by atoms with E-state index in [-0.39, 0.29) is 6.42 Å². The van der Waals surface area contributed by atoms with Crippen LogP contribution < -0.4 is 0 Å². The molecule has 2 heterocycles. The van der Waals surface area contributed by atoms with Crippen molar-refractivity contribution in [1.82, 2.24) is 19.2 Å². The first kappa shape index (κ1) is 13.0. The molecule has 6 nitrogen and oxygen atoms in total. The Labute approximate surface area is 119 Å². The number of rotatable bonds is 5. The summed E-state index contributed by atoms with van der Waals surface area (Å²) < 4.78 is 4.09. The highest BCUT2D eigenvalue weighted by atomic mass is 32.2. The van der Waals surface area contributed by atoms with Crippen molar-refractivity contribution in [1.29, 1.82) is 0 Å². The first-order valence-electron chi connectivity index (χ1n) is 6.39. The second kappa shape index (κ2) is 5.16. The van der Waals surface area contributed by atoms with Crippen LogP contribution in [0.3, 0.4) is 0 Å². The summed E-state index contributed by atoms with van der Waals surface area (Å²) in [7, 11) is 0. The van der Waals surface area contributed by atoms with Gasteiger partial charge < -0.3 is 9.67 Å². The van der Waals surface area contributed by atoms with Crippen molar-refractivity contribution in [2.45, 2.75) is 25.0 Å². The molecule has 3 aromatic rings. The van der Waals surface area contributed by atoms with Gasteiger partial charge in [0.25, 0.3) is 0 Å². The van der Waals surface area contributed by atoms with Crippen molar-refractivity contribution in [3.8, 4) is 0 Å². The fraction of sp³-hybridized carbons (Fsp3) is 0.308. The van der Waals surface area contributed by atoms with Crippen LogP contribution in [0.4, 0.5) is 0 Å². The second-order valence-electron chi connectivity index (χ2n) is 4.34. The van der Waals surface area contributed by atoms with E-state index in [1.165, 1.54) is 11.8 Å². The molecule has 2 aromatic heterocycles. The standard InChI is InChI=1S/C13H14N4O2S/c1-2-16-9-5-3-4-6-10(9)17-12(16)14-15-13(17)20-8-7-11(18)19/h3-6H,2,7-8H2,1H3,(H,18,19). The van der Waals surface area contributed by atoms with E-state index in [1.54, 1.807) is 0 Å². The van der Waals surface area contributed by atoms with Crippen molar-refractivity contribution in [3.63, 3.8) is 0 Å². The van der Waals surface area contributed by atoms with Gasteiger partial charge in [-0.25, -0.2) is 0 Å². The van der Waals surface area contributed by atoms with Crippen molar-refractivity contribution in [3.05, 3.63) is 24.3 Å². The number of carboxylic acids is 1. The highest BCUT2D eigenvalue weighted by Gasteiger charge is 2.15. The molecule has 0 unspecified atom stereocenters. The van der Waals surface area contributed by atoms with Crippen molar-refractivity contribution in [2.75, 3.05) is 5.75 Å². The highest BCUT2D eigenvalue weighted by molar-refractivity contribution is 7.99. The summed E-state index contributed by atoms with van der Waals surface area (Å²) in [6, 6.07) is 8.06. The number of hydrogen-bond acceptors (Lipinski definition) is 4. The van der Waals surface area contributed by atoms with E-state index in [0.29, 0.717) is 5.75 Å². The Bertz CT molecular complexity index is 777. The average molecular weight is 290 g/mol. The minimum Gasteiger partial charge on any atom is -0.481 e. The summed E-state index contributed by atoms with van der Waals surface area (Å²) in [4.78, 5) is 10.6. The van der Waals surface area contributed by atoms with Gasteiger partial charge in [-0.1, -0.05) is 23.9 Å². The largest absolute Gasteiger partial charge is 0.481 e. The maximum Gasteiger partial charge on any atom is 0.304 e. The third-order valence-corrected chi connectivity index (χ3v) is 4.07. The third kappa shape index (κ3) is 2.03. The smallest absolute Gasteiger partial charge is 0.304 e. The number of imidazole rings is 1. The zero-order chi connectivity index (χ0) is 14.1. The van der Waals surface area contributed by atoms with Crippen molar-refractivity contribution in [2.24, 2.45) is 0 Å². The molecule has 0 aliphatic heterocycles. The molecule has 0 saturated carbocycles. The number of fused-ring (bicyclic) bond motifs is 3. The Kier molecular flexibility index (Phi) is 3.35. The number of para-hydroxylation sites is 2. The SMILES string of the molecule is CCn1c2ccccc2n2c(SCCC(=O)O)nnc12. The van der Waals surface area contributed by atoms with Crippen LogP contribution in [0.15, 0.2) is 29.4 Å². The summed E-state index contributed by atoms with van der Waals surface area (Å²) >= 11 is 1.42. The first-order chi connectivity index (χ1) is 9.72. The number of aliphatic carboxylic acids is 1. The number of carbonyl (C=O) groups is 1. The van der Waals surface area contributed by atoms with Crippen LogP contribution in [-0.4, -0.2) is 36.0 Å². The summed E-state index contributed by atoms with van der Waals surface area (Å²) in [5.41, 5.74) is 2.16. The first-order valence-corrected chi connectivity index (χ1v) is 7.38. The number of hydrogen-bond donors (Lipinski definition) is 1. The van der Waals surface area contributed by atoms with Gasteiger partial charge in [-0.3, -0.25) is 9.20 Å². The molecule has 0 atom stereocenters. The van der Waals surface area contributed by atoms with Gasteiger partial charge in [-0.15, -0.1) is 10.2 Å². The van der Waals surface area contributed by atoms with Gasteiger partial charge in [0.15, 0.2) is 5.16 Å². The monoisotopic (exact) mass is 290 g/mol.